The summed E-state index contributed by atoms with van der Waals surface area (Å²) in [7, 11) is 3.35. The first-order valence-electron chi connectivity index (χ1n) is 7.90. The van der Waals surface area contributed by atoms with Gasteiger partial charge in [-0.15, -0.1) is 11.3 Å². The van der Waals surface area contributed by atoms with Crippen LogP contribution in [0.3, 0.4) is 0 Å². The van der Waals surface area contributed by atoms with Crippen LogP contribution in [0.15, 0.2) is 35.3 Å². The highest BCUT2D eigenvalue weighted by molar-refractivity contribution is 7.11. The van der Waals surface area contributed by atoms with Gasteiger partial charge in [0.2, 0.25) is 0 Å². The summed E-state index contributed by atoms with van der Waals surface area (Å²) < 4.78 is 5.19. The van der Waals surface area contributed by atoms with Gasteiger partial charge in [-0.1, -0.05) is 0 Å². The first-order valence-corrected chi connectivity index (χ1v) is 8.72. The molecule has 2 aromatic rings. The summed E-state index contributed by atoms with van der Waals surface area (Å²) in [5.74, 6) is 1.66. The Hall–Kier alpha value is -2.21. The minimum absolute atomic E-state index is 0.237. The van der Waals surface area contributed by atoms with E-state index in [0.717, 1.165) is 12.0 Å². The van der Waals surface area contributed by atoms with Crippen LogP contribution in [0, 0.1) is 6.92 Å². The van der Waals surface area contributed by atoms with Gasteiger partial charge in [0.1, 0.15) is 11.5 Å². The molecule has 6 heteroatoms. The molecule has 3 N–H and O–H groups in total. The molecule has 0 bridgehead atoms. The van der Waals surface area contributed by atoms with Gasteiger partial charge in [-0.3, -0.25) is 4.99 Å². The van der Waals surface area contributed by atoms with E-state index >= 15 is 0 Å². The van der Waals surface area contributed by atoms with Crippen molar-refractivity contribution < 1.29 is 9.84 Å². The Labute approximate surface area is 147 Å². The maximum absolute atomic E-state index is 9.94. The third-order valence-electron chi connectivity index (χ3n) is 3.64. The number of nitrogens with one attached hydrogen (secondary N) is 2. The number of rotatable bonds is 6. The highest BCUT2D eigenvalue weighted by atomic mass is 32.1. The summed E-state index contributed by atoms with van der Waals surface area (Å²) in [5, 5.41) is 16.5. The monoisotopic (exact) mass is 347 g/mol. The largest absolute Gasteiger partial charge is 0.508 e. The average molecular weight is 347 g/mol. The van der Waals surface area contributed by atoms with Crippen molar-refractivity contribution in [3.63, 3.8) is 0 Å². The summed E-state index contributed by atoms with van der Waals surface area (Å²) in [6.45, 7) is 4.71. The number of guanidine groups is 1. The lowest BCUT2D eigenvalue weighted by molar-refractivity contribution is 0.410. The summed E-state index contributed by atoms with van der Waals surface area (Å²) in [4.78, 5) is 6.93. The molecule has 1 unspecified atom stereocenters. The molecule has 1 aromatic carbocycles. The highest BCUT2D eigenvalue weighted by Crippen LogP contribution is 2.22. The first kappa shape index (κ1) is 18.1. The second-order valence-corrected chi connectivity index (χ2v) is 7.05. The second kappa shape index (κ2) is 8.59. The van der Waals surface area contributed by atoms with Gasteiger partial charge in [-0.25, -0.2) is 0 Å². The Bertz CT molecular complexity index is 697. The number of ether oxygens (including phenoxy) is 1. The predicted octanol–water partition coefficient (Wildman–Crippen LogP) is 3.07. The number of aliphatic imine (C=N–C) groups is 1. The fourth-order valence-electron chi connectivity index (χ4n) is 2.39. The zero-order valence-electron chi connectivity index (χ0n) is 14.6. The topological polar surface area (TPSA) is 65.9 Å². The molecule has 1 atom stereocenters. The van der Waals surface area contributed by atoms with Crippen molar-refractivity contribution in [2.45, 2.75) is 32.9 Å². The third kappa shape index (κ3) is 5.16. The van der Waals surface area contributed by atoms with Crippen molar-refractivity contribution in [1.82, 2.24) is 10.6 Å². The van der Waals surface area contributed by atoms with Crippen LogP contribution in [0.4, 0.5) is 0 Å². The molecule has 0 spiro atoms. The molecule has 0 radical (unpaired) electrons. The van der Waals surface area contributed by atoms with Gasteiger partial charge in [-0.2, -0.15) is 0 Å². The number of hydrogen-bond acceptors (Lipinski definition) is 4. The Balaban J connectivity index is 1.90. The van der Waals surface area contributed by atoms with Crippen LogP contribution in [-0.4, -0.2) is 31.3 Å². The van der Waals surface area contributed by atoms with E-state index in [4.69, 9.17) is 4.74 Å². The van der Waals surface area contributed by atoms with E-state index in [2.05, 4.69) is 41.6 Å². The van der Waals surface area contributed by atoms with Crippen molar-refractivity contribution in [3.8, 4) is 11.5 Å². The second-order valence-electron chi connectivity index (χ2n) is 5.68. The Morgan fingerprint density at radius 1 is 1.33 bits per heavy atom. The maximum Gasteiger partial charge on any atom is 0.191 e. The molecule has 0 aliphatic heterocycles. The lowest BCUT2D eigenvalue weighted by Crippen LogP contribution is -2.42. The molecule has 0 saturated heterocycles. The number of phenolic OH excluding ortho intramolecular Hbond substituents is 1. The van der Waals surface area contributed by atoms with Crippen molar-refractivity contribution in [2.75, 3.05) is 14.2 Å². The minimum atomic E-state index is 0.237. The van der Waals surface area contributed by atoms with Gasteiger partial charge in [0.05, 0.1) is 7.11 Å². The van der Waals surface area contributed by atoms with E-state index in [1.807, 2.05) is 17.4 Å². The molecule has 2 rings (SSSR count). The fraction of sp³-hybridized carbons (Fsp3) is 0.389. The minimum Gasteiger partial charge on any atom is -0.508 e. The van der Waals surface area contributed by atoms with Crippen LogP contribution in [0.5, 0.6) is 11.5 Å². The van der Waals surface area contributed by atoms with Crippen molar-refractivity contribution in [1.29, 1.82) is 0 Å². The smallest absolute Gasteiger partial charge is 0.191 e. The number of phenols is 1. The molecule has 0 amide bonds. The van der Waals surface area contributed by atoms with Crippen LogP contribution < -0.4 is 15.4 Å². The molecule has 0 fully saturated rings. The Morgan fingerprint density at radius 3 is 2.75 bits per heavy atom. The third-order valence-corrected chi connectivity index (χ3v) is 4.67. The molecule has 0 aliphatic rings. The van der Waals surface area contributed by atoms with E-state index in [1.165, 1.54) is 9.75 Å². The molecular weight excluding hydrogens is 322 g/mol. The number of nitrogens with zero attached hydrogens (tertiary/aromatic N) is 1. The van der Waals surface area contributed by atoms with Gasteiger partial charge in [0.25, 0.3) is 0 Å². The van der Waals surface area contributed by atoms with Gasteiger partial charge in [-0.05, 0) is 44.2 Å². The fourth-order valence-corrected chi connectivity index (χ4v) is 3.40. The summed E-state index contributed by atoms with van der Waals surface area (Å²) in [5.41, 5.74) is 0.763. The summed E-state index contributed by atoms with van der Waals surface area (Å²) in [6, 6.07) is 9.75. The number of hydrogen-bond donors (Lipinski definition) is 3. The Kier molecular flexibility index (Phi) is 6.49. The summed E-state index contributed by atoms with van der Waals surface area (Å²) in [6.07, 6.45) is 0.948. The standard InChI is InChI=1S/C18H25N3O2S/c1-12(9-16-7-5-13(2)24-16)21-18(19-3)20-11-14-10-15(23-4)6-8-17(14)22/h5-8,10,12,22H,9,11H2,1-4H3,(H2,19,20,21). The summed E-state index contributed by atoms with van der Waals surface area (Å²) >= 11 is 1.82. The van der Waals surface area contributed by atoms with Crippen molar-refractivity contribution >= 4 is 17.3 Å². The quantitative estimate of drug-likeness (QED) is 0.555. The lowest BCUT2D eigenvalue weighted by atomic mass is 10.2. The van der Waals surface area contributed by atoms with Gasteiger partial charge >= 0.3 is 0 Å². The maximum atomic E-state index is 9.94. The molecule has 5 nitrogen and oxygen atoms in total. The van der Waals surface area contributed by atoms with Crippen LogP contribution in [0.25, 0.3) is 0 Å². The van der Waals surface area contributed by atoms with E-state index in [0.29, 0.717) is 18.3 Å². The van der Waals surface area contributed by atoms with Crippen LogP contribution in [-0.2, 0) is 13.0 Å². The number of aromatic hydroxyl groups is 1. The van der Waals surface area contributed by atoms with E-state index in [1.54, 1.807) is 26.3 Å². The normalized spacial score (nSPS) is 12.8. The molecule has 24 heavy (non-hydrogen) atoms. The Morgan fingerprint density at radius 2 is 2.12 bits per heavy atom. The van der Waals surface area contributed by atoms with Crippen LogP contribution in [0.2, 0.25) is 0 Å². The molecule has 130 valence electrons. The van der Waals surface area contributed by atoms with Crippen LogP contribution >= 0.6 is 11.3 Å². The van der Waals surface area contributed by atoms with Gasteiger partial charge < -0.3 is 20.5 Å². The predicted molar refractivity (Wildman–Crippen MR) is 100 cm³/mol. The number of thiophene rings is 1. The van der Waals surface area contributed by atoms with E-state index in [9.17, 15) is 5.11 Å². The van der Waals surface area contributed by atoms with E-state index in [-0.39, 0.29) is 11.8 Å². The SMILES string of the molecule is CN=C(NCc1cc(OC)ccc1O)NC(C)Cc1ccc(C)s1. The zero-order chi connectivity index (χ0) is 17.5. The van der Waals surface area contributed by atoms with Crippen molar-refractivity contribution in [2.24, 2.45) is 4.99 Å². The first-order chi connectivity index (χ1) is 11.5. The number of benzene rings is 1. The molecule has 0 aliphatic carbocycles. The highest BCUT2D eigenvalue weighted by Gasteiger charge is 2.09. The lowest BCUT2D eigenvalue weighted by Gasteiger charge is -2.18. The van der Waals surface area contributed by atoms with Crippen LogP contribution in [0.1, 0.15) is 22.2 Å². The molecular formula is C18H25N3O2S. The number of methoxy groups -OCH3 is 1. The molecule has 1 heterocycles. The van der Waals surface area contributed by atoms with Crippen molar-refractivity contribution in [3.05, 3.63) is 45.6 Å². The number of aryl methyl sites for hydroxylation is 1. The van der Waals surface area contributed by atoms with Gasteiger partial charge in [0, 0.05) is 41.4 Å². The van der Waals surface area contributed by atoms with E-state index < -0.39 is 0 Å². The molecule has 0 saturated carbocycles. The van der Waals surface area contributed by atoms with Gasteiger partial charge in [0.15, 0.2) is 5.96 Å². The molecule has 1 aromatic heterocycles. The average Bonchev–Trinajstić information content (AvgIpc) is 2.97. The zero-order valence-corrected chi connectivity index (χ0v) is 15.4.